The number of benzene rings is 2. The van der Waals surface area contributed by atoms with Crippen LogP contribution in [0.15, 0.2) is 73.1 Å². The third-order valence-corrected chi connectivity index (χ3v) is 5.44. The van der Waals surface area contributed by atoms with Crippen LogP contribution in [-0.2, 0) is 13.0 Å². The highest BCUT2D eigenvalue weighted by Gasteiger charge is 2.21. The summed E-state index contributed by atoms with van der Waals surface area (Å²) in [6.45, 7) is 3.70. The predicted molar refractivity (Wildman–Crippen MR) is 125 cm³/mol. The minimum Gasteiger partial charge on any atom is -0.322 e. The number of amides is 1. The van der Waals surface area contributed by atoms with Crippen LogP contribution in [-0.4, -0.2) is 25.6 Å². The number of carbonyl (C=O) groups excluding carboxylic acids is 1. The number of hydrogen-bond donors (Lipinski definition) is 1. The van der Waals surface area contributed by atoms with E-state index in [1.165, 1.54) is 5.56 Å². The number of aryl methyl sites for hydroxylation is 1. The Hall–Kier alpha value is -4.33. The van der Waals surface area contributed by atoms with Crippen LogP contribution >= 0.6 is 0 Å². The molecule has 8 heteroatoms. The van der Waals surface area contributed by atoms with Gasteiger partial charge in [0.25, 0.3) is 5.91 Å². The summed E-state index contributed by atoms with van der Waals surface area (Å²) in [6, 6.07) is 18.9. The average molecular weight is 441 g/mol. The summed E-state index contributed by atoms with van der Waals surface area (Å²) in [4.78, 5) is 27.4. The average Bonchev–Trinajstić information content (AvgIpc) is 3.09. The number of aromatic nitrogens is 3. The molecular weight excluding hydrogens is 418 g/mol. The molecule has 0 bridgehead atoms. The van der Waals surface area contributed by atoms with Gasteiger partial charge in [-0.25, -0.2) is 0 Å². The topological polar surface area (TPSA) is 103 Å². The first-order valence-corrected chi connectivity index (χ1v) is 10.5. The number of hydrogen-bond acceptors (Lipinski definition) is 5. The number of pyridine rings is 1. The molecule has 4 aromatic rings. The van der Waals surface area contributed by atoms with E-state index in [1.54, 1.807) is 43.1 Å². The normalized spacial score (nSPS) is 10.7. The van der Waals surface area contributed by atoms with E-state index in [2.05, 4.69) is 15.4 Å². The van der Waals surface area contributed by atoms with Crippen LogP contribution in [0.25, 0.3) is 0 Å². The van der Waals surface area contributed by atoms with Crippen LogP contribution in [0.4, 0.5) is 11.4 Å². The molecule has 0 saturated heterocycles. The van der Waals surface area contributed by atoms with Crippen molar-refractivity contribution < 1.29 is 9.72 Å². The minimum absolute atomic E-state index is 0.0396. The van der Waals surface area contributed by atoms with Gasteiger partial charge >= 0.3 is 5.69 Å². The van der Waals surface area contributed by atoms with Crippen molar-refractivity contribution in [2.45, 2.75) is 26.8 Å². The second kappa shape index (κ2) is 9.44. The Labute approximate surface area is 191 Å². The number of nitro groups is 1. The van der Waals surface area contributed by atoms with Gasteiger partial charge in [0, 0.05) is 23.6 Å². The standard InChI is InChI=1S/C25H23N5O3/c1-17-24(30(32)33)18(2)29(28-17)16-21-3-7-22(8-4-21)25(31)27-23-9-5-19(6-10-23)15-20-11-13-26-14-12-20/h3-14H,15-16H2,1-2H3,(H,27,31). The van der Waals surface area contributed by atoms with Crippen molar-refractivity contribution in [1.29, 1.82) is 0 Å². The molecule has 33 heavy (non-hydrogen) atoms. The van der Waals surface area contributed by atoms with Gasteiger partial charge in [-0.2, -0.15) is 5.10 Å². The van der Waals surface area contributed by atoms with Crippen molar-refractivity contribution in [1.82, 2.24) is 14.8 Å². The van der Waals surface area contributed by atoms with Crippen LogP contribution in [0, 0.1) is 24.0 Å². The quantitative estimate of drug-likeness (QED) is 0.331. The van der Waals surface area contributed by atoms with E-state index in [4.69, 9.17) is 0 Å². The van der Waals surface area contributed by atoms with E-state index in [9.17, 15) is 14.9 Å². The first kappa shape index (κ1) is 21.9. The molecule has 2 aromatic heterocycles. The molecule has 0 aliphatic heterocycles. The molecule has 0 spiro atoms. The fraction of sp³-hybridized carbons (Fsp3) is 0.160. The lowest BCUT2D eigenvalue weighted by Gasteiger charge is -2.08. The summed E-state index contributed by atoms with van der Waals surface area (Å²) in [7, 11) is 0. The maximum atomic E-state index is 12.6. The molecule has 0 fully saturated rings. The second-order valence-corrected chi connectivity index (χ2v) is 7.81. The smallest absolute Gasteiger partial charge is 0.312 e. The van der Waals surface area contributed by atoms with Gasteiger partial charge in [0.15, 0.2) is 0 Å². The molecule has 2 heterocycles. The van der Waals surface area contributed by atoms with E-state index in [0.717, 1.165) is 23.2 Å². The number of nitrogens with zero attached hydrogens (tertiary/aromatic N) is 4. The number of anilines is 1. The molecule has 0 radical (unpaired) electrons. The molecular formula is C25H23N5O3. The molecule has 1 amide bonds. The molecule has 0 atom stereocenters. The predicted octanol–water partition coefficient (Wildman–Crippen LogP) is 4.69. The van der Waals surface area contributed by atoms with Crippen LogP contribution < -0.4 is 5.32 Å². The SMILES string of the molecule is Cc1nn(Cc2ccc(C(=O)Nc3ccc(Cc4ccncc4)cc3)cc2)c(C)c1[N+](=O)[O-]. The monoisotopic (exact) mass is 441 g/mol. The first-order chi connectivity index (χ1) is 15.9. The molecule has 1 N–H and O–H groups in total. The highest BCUT2D eigenvalue weighted by molar-refractivity contribution is 6.04. The van der Waals surface area contributed by atoms with E-state index in [-0.39, 0.29) is 11.6 Å². The van der Waals surface area contributed by atoms with Crippen molar-refractivity contribution >= 4 is 17.3 Å². The van der Waals surface area contributed by atoms with Crippen molar-refractivity contribution in [2.24, 2.45) is 0 Å². The Kier molecular flexibility index (Phi) is 6.26. The van der Waals surface area contributed by atoms with Crippen molar-refractivity contribution in [3.05, 3.63) is 117 Å². The Morgan fingerprint density at radius 1 is 0.939 bits per heavy atom. The zero-order chi connectivity index (χ0) is 23.4. The van der Waals surface area contributed by atoms with E-state index < -0.39 is 4.92 Å². The van der Waals surface area contributed by atoms with E-state index in [1.807, 2.05) is 48.5 Å². The van der Waals surface area contributed by atoms with Crippen molar-refractivity contribution in [2.75, 3.05) is 5.32 Å². The third-order valence-electron chi connectivity index (χ3n) is 5.44. The number of rotatable bonds is 7. The van der Waals surface area contributed by atoms with Crippen LogP contribution in [0.3, 0.4) is 0 Å². The van der Waals surface area contributed by atoms with Gasteiger partial charge in [-0.1, -0.05) is 24.3 Å². The van der Waals surface area contributed by atoms with E-state index in [0.29, 0.717) is 23.5 Å². The van der Waals surface area contributed by atoms with Gasteiger partial charge in [0.1, 0.15) is 11.4 Å². The minimum atomic E-state index is -0.409. The van der Waals surface area contributed by atoms with Crippen LogP contribution in [0.1, 0.15) is 38.4 Å². The lowest BCUT2D eigenvalue weighted by atomic mass is 10.1. The van der Waals surface area contributed by atoms with E-state index >= 15 is 0 Å². The molecule has 4 rings (SSSR count). The Morgan fingerprint density at radius 3 is 2.15 bits per heavy atom. The number of nitrogens with one attached hydrogen (secondary N) is 1. The molecule has 0 unspecified atom stereocenters. The lowest BCUT2D eigenvalue weighted by Crippen LogP contribution is -2.12. The molecule has 0 aliphatic carbocycles. The molecule has 0 aliphatic rings. The summed E-state index contributed by atoms with van der Waals surface area (Å²) in [5.74, 6) is -0.204. The largest absolute Gasteiger partial charge is 0.322 e. The Balaban J connectivity index is 1.38. The Morgan fingerprint density at radius 2 is 1.55 bits per heavy atom. The fourth-order valence-electron chi connectivity index (χ4n) is 3.69. The zero-order valence-electron chi connectivity index (χ0n) is 18.4. The number of carbonyl (C=O) groups is 1. The third kappa shape index (κ3) is 5.12. The second-order valence-electron chi connectivity index (χ2n) is 7.81. The lowest BCUT2D eigenvalue weighted by molar-refractivity contribution is -0.386. The van der Waals surface area contributed by atoms with Crippen molar-refractivity contribution in [3.8, 4) is 0 Å². The summed E-state index contributed by atoms with van der Waals surface area (Å²) in [5, 5.41) is 18.4. The Bertz CT molecular complexity index is 1280. The highest BCUT2D eigenvalue weighted by Crippen LogP contribution is 2.22. The summed E-state index contributed by atoms with van der Waals surface area (Å²) in [5.41, 5.74) is 5.40. The van der Waals surface area contributed by atoms with Gasteiger partial charge in [-0.15, -0.1) is 0 Å². The van der Waals surface area contributed by atoms with Crippen LogP contribution in [0.5, 0.6) is 0 Å². The molecule has 0 saturated carbocycles. The molecule has 166 valence electrons. The van der Waals surface area contributed by atoms with Gasteiger partial charge in [0.05, 0.1) is 11.5 Å². The van der Waals surface area contributed by atoms with Gasteiger partial charge in [-0.3, -0.25) is 24.6 Å². The maximum Gasteiger partial charge on any atom is 0.312 e. The molecule has 2 aromatic carbocycles. The van der Waals surface area contributed by atoms with Crippen LogP contribution in [0.2, 0.25) is 0 Å². The maximum absolute atomic E-state index is 12.6. The summed E-state index contributed by atoms with van der Waals surface area (Å²) < 4.78 is 1.61. The van der Waals surface area contributed by atoms with Gasteiger partial charge in [0.2, 0.25) is 0 Å². The van der Waals surface area contributed by atoms with Gasteiger partial charge < -0.3 is 5.32 Å². The van der Waals surface area contributed by atoms with Crippen molar-refractivity contribution in [3.63, 3.8) is 0 Å². The molecule has 8 nitrogen and oxygen atoms in total. The highest BCUT2D eigenvalue weighted by atomic mass is 16.6. The zero-order valence-corrected chi connectivity index (χ0v) is 18.4. The summed E-state index contributed by atoms with van der Waals surface area (Å²) >= 11 is 0. The summed E-state index contributed by atoms with van der Waals surface area (Å²) in [6.07, 6.45) is 4.35. The first-order valence-electron chi connectivity index (χ1n) is 10.5. The van der Waals surface area contributed by atoms with Gasteiger partial charge in [-0.05, 0) is 73.4 Å². The fourth-order valence-corrected chi connectivity index (χ4v) is 3.69.